The second kappa shape index (κ2) is 5.26. The topological polar surface area (TPSA) is 81.2 Å². The molecule has 20 heavy (non-hydrogen) atoms. The van der Waals surface area contributed by atoms with Crippen LogP contribution in [-0.4, -0.2) is 36.6 Å². The molecule has 7 heteroatoms. The maximum absolute atomic E-state index is 12.0. The van der Waals surface area contributed by atoms with Gasteiger partial charge in [-0.3, -0.25) is 0 Å². The van der Waals surface area contributed by atoms with Gasteiger partial charge in [0.2, 0.25) is 10.0 Å². The van der Waals surface area contributed by atoms with Gasteiger partial charge < -0.3 is 5.73 Å². The third-order valence-electron chi connectivity index (χ3n) is 3.21. The zero-order valence-corrected chi connectivity index (χ0v) is 12.5. The number of sulfonamides is 1. The predicted octanol–water partition coefficient (Wildman–Crippen LogP) is 1.32. The molecule has 2 aromatic rings. The summed E-state index contributed by atoms with van der Waals surface area (Å²) < 4.78 is 26.8. The molecule has 1 heterocycles. The quantitative estimate of drug-likeness (QED) is 0.922. The van der Waals surface area contributed by atoms with Crippen molar-refractivity contribution < 1.29 is 8.42 Å². The average Bonchev–Trinajstić information content (AvgIpc) is 2.84. The minimum atomic E-state index is -3.40. The summed E-state index contributed by atoms with van der Waals surface area (Å²) in [4.78, 5) is 0.270. The molecule has 0 spiro atoms. The van der Waals surface area contributed by atoms with Gasteiger partial charge in [0, 0.05) is 14.1 Å². The number of rotatable bonds is 4. The Morgan fingerprint density at radius 2 is 1.80 bits per heavy atom. The van der Waals surface area contributed by atoms with Gasteiger partial charge in [0.05, 0.1) is 17.1 Å². The molecular formula is C13H18N4O2S. The van der Waals surface area contributed by atoms with Crippen LogP contribution in [0.3, 0.4) is 0 Å². The van der Waals surface area contributed by atoms with Crippen LogP contribution in [0.15, 0.2) is 41.4 Å². The number of nitrogens with zero attached hydrogens (tertiary/aromatic N) is 3. The standard InChI is InChI=1S/C13H18N4O2S/c1-10(17-13(14)8-9-15-17)11-4-6-12(7-5-11)20(18,19)16(2)3/h4-10H,14H2,1-3H3. The van der Waals surface area contributed by atoms with Crippen molar-refractivity contribution >= 4 is 15.8 Å². The van der Waals surface area contributed by atoms with Crippen molar-refractivity contribution in [1.82, 2.24) is 14.1 Å². The highest BCUT2D eigenvalue weighted by Crippen LogP contribution is 2.22. The molecule has 0 aliphatic heterocycles. The minimum absolute atomic E-state index is 0.0545. The fourth-order valence-corrected chi connectivity index (χ4v) is 2.82. The molecule has 108 valence electrons. The van der Waals surface area contributed by atoms with Crippen LogP contribution in [0.5, 0.6) is 0 Å². The van der Waals surface area contributed by atoms with Gasteiger partial charge in [0.1, 0.15) is 5.82 Å². The molecule has 1 atom stereocenters. The number of hydrogen-bond acceptors (Lipinski definition) is 4. The van der Waals surface area contributed by atoms with E-state index in [0.29, 0.717) is 5.82 Å². The summed E-state index contributed by atoms with van der Waals surface area (Å²) in [5, 5.41) is 4.16. The van der Waals surface area contributed by atoms with E-state index in [9.17, 15) is 8.42 Å². The van der Waals surface area contributed by atoms with Gasteiger partial charge in [-0.2, -0.15) is 5.10 Å². The van der Waals surface area contributed by atoms with Gasteiger partial charge >= 0.3 is 0 Å². The molecular weight excluding hydrogens is 276 g/mol. The Bertz CT molecular complexity index is 689. The van der Waals surface area contributed by atoms with Crippen LogP contribution in [0.4, 0.5) is 5.82 Å². The van der Waals surface area contributed by atoms with Crippen molar-refractivity contribution in [1.29, 1.82) is 0 Å². The molecule has 0 aliphatic rings. The Hall–Kier alpha value is -1.86. The van der Waals surface area contributed by atoms with E-state index in [4.69, 9.17) is 5.73 Å². The summed E-state index contributed by atoms with van der Waals surface area (Å²) >= 11 is 0. The Kier molecular flexibility index (Phi) is 3.82. The monoisotopic (exact) mass is 294 g/mol. The van der Waals surface area contributed by atoms with Crippen molar-refractivity contribution in [3.8, 4) is 0 Å². The first-order valence-corrected chi connectivity index (χ1v) is 7.59. The van der Waals surface area contributed by atoms with Crippen LogP contribution >= 0.6 is 0 Å². The number of anilines is 1. The second-order valence-electron chi connectivity index (χ2n) is 4.73. The zero-order chi connectivity index (χ0) is 14.9. The largest absolute Gasteiger partial charge is 0.384 e. The molecule has 1 unspecified atom stereocenters. The molecule has 0 bridgehead atoms. The van der Waals surface area contributed by atoms with E-state index in [1.165, 1.54) is 18.4 Å². The van der Waals surface area contributed by atoms with Gasteiger partial charge in [0.25, 0.3) is 0 Å². The molecule has 0 amide bonds. The third kappa shape index (κ3) is 2.54. The lowest BCUT2D eigenvalue weighted by molar-refractivity contribution is 0.520. The number of aromatic nitrogens is 2. The summed E-state index contributed by atoms with van der Waals surface area (Å²) in [6.45, 7) is 1.96. The molecule has 0 radical (unpaired) electrons. The Morgan fingerprint density at radius 1 is 1.20 bits per heavy atom. The predicted molar refractivity (Wildman–Crippen MR) is 77.8 cm³/mol. The van der Waals surface area contributed by atoms with Crippen LogP contribution in [0.2, 0.25) is 0 Å². The highest BCUT2D eigenvalue weighted by atomic mass is 32.2. The SMILES string of the molecule is CC(c1ccc(S(=O)(=O)N(C)C)cc1)n1nccc1N. The smallest absolute Gasteiger partial charge is 0.242 e. The molecule has 2 rings (SSSR count). The molecule has 1 aromatic heterocycles. The van der Waals surface area contributed by atoms with Gasteiger partial charge in [-0.15, -0.1) is 0 Å². The summed E-state index contributed by atoms with van der Waals surface area (Å²) in [6, 6.07) is 8.43. The summed E-state index contributed by atoms with van der Waals surface area (Å²) in [6.07, 6.45) is 1.64. The third-order valence-corrected chi connectivity index (χ3v) is 5.04. The first-order valence-electron chi connectivity index (χ1n) is 6.15. The Labute approximate surface area is 118 Å². The van der Waals surface area contributed by atoms with Crippen molar-refractivity contribution in [3.63, 3.8) is 0 Å². The highest BCUT2D eigenvalue weighted by Gasteiger charge is 2.18. The van der Waals surface area contributed by atoms with E-state index in [1.807, 2.05) is 6.92 Å². The zero-order valence-electron chi connectivity index (χ0n) is 11.7. The van der Waals surface area contributed by atoms with Crippen LogP contribution in [0, 0.1) is 0 Å². The van der Waals surface area contributed by atoms with Gasteiger partial charge in [-0.05, 0) is 30.7 Å². The lowest BCUT2D eigenvalue weighted by Crippen LogP contribution is -2.22. The van der Waals surface area contributed by atoms with E-state index < -0.39 is 10.0 Å². The first-order chi connectivity index (χ1) is 9.34. The molecule has 0 saturated heterocycles. The second-order valence-corrected chi connectivity index (χ2v) is 6.88. The lowest BCUT2D eigenvalue weighted by Gasteiger charge is -2.16. The highest BCUT2D eigenvalue weighted by molar-refractivity contribution is 7.89. The summed E-state index contributed by atoms with van der Waals surface area (Å²) in [5.41, 5.74) is 6.76. The maximum Gasteiger partial charge on any atom is 0.242 e. The van der Waals surface area contributed by atoms with E-state index in [0.717, 1.165) is 5.56 Å². The van der Waals surface area contributed by atoms with Gasteiger partial charge in [0.15, 0.2) is 0 Å². The molecule has 2 N–H and O–H groups in total. The van der Waals surface area contributed by atoms with Crippen molar-refractivity contribution in [3.05, 3.63) is 42.1 Å². The minimum Gasteiger partial charge on any atom is -0.384 e. The molecule has 0 aliphatic carbocycles. The molecule has 1 aromatic carbocycles. The molecule has 0 fully saturated rings. The van der Waals surface area contributed by atoms with E-state index in [2.05, 4.69) is 5.10 Å². The van der Waals surface area contributed by atoms with Crippen molar-refractivity contribution in [2.45, 2.75) is 17.9 Å². The number of nitrogens with two attached hydrogens (primary N) is 1. The fourth-order valence-electron chi connectivity index (χ4n) is 1.92. The fraction of sp³-hybridized carbons (Fsp3) is 0.308. The lowest BCUT2D eigenvalue weighted by atomic mass is 10.1. The van der Waals surface area contributed by atoms with Crippen molar-refractivity contribution in [2.75, 3.05) is 19.8 Å². The van der Waals surface area contributed by atoms with Crippen LogP contribution in [0.1, 0.15) is 18.5 Å². The molecule has 6 nitrogen and oxygen atoms in total. The van der Waals surface area contributed by atoms with Crippen LogP contribution in [0.25, 0.3) is 0 Å². The number of nitrogen functional groups attached to an aromatic ring is 1. The maximum atomic E-state index is 12.0. The normalized spacial score (nSPS) is 13.6. The van der Waals surface area contributed by atoms with Gasteiger partial charge in [-0.1, -0.05) is 12.1 Å². The Morgan fingerprint density at radius 3 is 2.25 bits per heavy atom. The van der Waals surface area contributed by atoms with Crippen LogP contribution < -0.4 is 5.73 Å². The van der Waals surface area contributed by atoms with Crippen molar-refractivity contribution in [2.24, 2.45) is 0 Å². The Balaban J connectivity index is 2.32. The first kappa shape index (κ1) is 14.5. The van der Waals surface area contributed by atoms with E-state index in [1.54, 1.807) is 41.2 Å². The van der Waals surface area contributed by atoms with Gasteiger partial charge in [-0.25, -0.2) is 17.4 Å². The number of hydrogen-bond donors (Lipinski definition) is 1. The summed E-state index contributed by atoms with van der Waals surface area (Å²) in [7, 11) is -0.375. The molecule has 0 saturated carbocycles. The van der Waals surface area contributed by atoms with Crippen LogP contribution in [-0.2, 0) is 10.0 Å². The van der Waals surface area contributed by atoms with E-state index >= 15 is 0 Å². The number of benzene rings is 1. The summed E-state index contributed by atoms with van der Waals surface area (Å²) in [5.74, 6) is 0.572. The average molecular weight is 294 g/mol. The van der Waals surface area contributed by atoms with E-state index in [-0.39, 0.29) is 10.9 Å².